The van der Waals surface area contributed by atoms with E-state index in [4.69, 9.17) is 5.73 Å². The molecule has 0 aliphatic heterocycles. The predicted molar refractivity (Wildman–Crippen MR) is 89.8 cm³/mol. The van der Waals surface area contributed by atoms with Crippen LogP contribution >= 0.6 is 11.3 Å². The van der Waals surface area contributed by atoms with Crippen LogP contribution in [0.1, 0.15) is 32.1 Å². The zero-order chi connectivity index (χ0) is 15.1. The molecule has 22 heavy (non-hydrogen) atoms. The summed E-state index contributed by atoms with van der Waals surface area (Å²) in [7, 11) is 0. The molecule has 1 aromatic heterocycles. The van der Waals surface area contributed by atoms with Crippen molar-refractivity contribution in [3.8, 4) is 0 Å². The molecule has 2 aromatic rings. The number of hydrogen-bond donors (Lipinski definition) is 2. The van der Waals surface area contributed by atoms with Gasteiger partial charge < -0.3 is 11.1 Å². The Kier molecular flexibility index (Phi) is 3.62. The van der Waals surface area contributed by atoms with Gasteiger partial charge >= 0.3 is 0 Å². The van der Waals surface area contributed by atoms with Crippen LogP contribution in [0.5, 0.6) is 0 Å². The molecule has 116 valence electrons. The van der Waals surface area contributed by atoms with Crippen molar-refractivity contribution >= 4 is 32.6 Å². The quantitative estimate of drug-likeness (QED) is 0.892. The Balaban J connectivity index is 1.48. The van der Waals surface area contributed by atoms with Crippen molar-refractivity contribution in [1.82, 2.24) is 4.98 Å². The van der Waals surface area contributed by atoms with Gasteiger partial charge in [-0.25, -0.2) is 4.98 Å². The number of rotatable bonds is 2. The molecule has 0 radical (unpaired) electrons. The van der Waals surface area contributed by atoms with Gasteiger partial charge in [-0.1, -0.05) is 29.9 Å². The van der Waals surface area contributed by atoms with Crippen LogP contribution in [0.3, 0.4) is 0 Å². The van der Waals surface area contributed by atoms with Crippen LogP contribution in [0.2, 0.25) is 0 Å². The monoisotopic (exact) mass is 315 g/mol. The van der Waals surface area contributed by atoms with Gasteiger partial charge in [0.25, 0.3) is 0 Å². The number of nitrogens with zero attached hydrogens (tertiary/aromatic N) is 1. The van der Waals surface area contributed by atoms with Crippen LogP contribution < -0.4 is 11.1 Å². The molecule has 1 amide bonds. The number of carbonyl (C=O) groups excluding carboxylic acids is 1. The van der Waals surface area contributed by atoms with Crippen LogP contribution in [0.4, 0.5) is 5.13 Å². The van der Waals surface area contributed by atoms with Gasteiger partial charge in [-0.3, -0.25) is 4.79 Å². The van der Waals surface area contributed by atoms with Gasteiger partial charge in [0.05, 0.1) is 10.2 Å². The Bertz CT molecular complexity index is 651. The predicted octanol–water partition coefficient (Wildman–Crippen LogP) is 3.39. The summed E-state index contributed by atoms with van der Waals surface area (Å²) in [6.07, 6.45) is 5.52. The molecule has 2 bridgehead atoms. The van der Waals surface area contributed by atoms with Gasteiger partial charge in [0.2, 0.25) is 5.91 Å². The first-order chi connectivity index (χ1) is 10.7. The molecular weight excluding hydrogens is 294 g/mol. The summed E-state index contributed by atoms with van der Waals surface area (Å²) in [4.78, 5) is 17.1. The van der Waals surface area contributed by atoms with Crippen LogP contribution in [0.15, 0.2) is 24.3 Å². The fraction of sp³-hybridized carbons (Fsp3) is 0.529. The topological polar surface area (TPSA) is 68.0 Å². The zero-order valence-electron chi connectivity index (χ0n) is 12.5. The molecule has 2 unspecified atom stereocenters. The minimum Gasteiger partial charge on any atom is -0.327 e. The number of amides is 1. The normalized spacial score (nSPS) is 31.1. The number of nitrogens with two attached hydrogens (primary N) is 1. The number of thiazole rings is 1. The average Bonchev–Trinajstić information content (AvgIpc) is 2.88. The summed E-state index contributed by atoms with van der Waals surface area (Å²) in [6.45, 7) is 0. The Labute approximate surface area is 134 Å². The largest absolute Gasteiger partial charge is 0.327 e. The van der Waals surface area contributed by atoms with E-state index < -0.39 is 0 Å². The Hall–Kier alpha value is -1.46. The molecule has 2 atom stereocenters. The van der Waals surface area contributed by atoms with Gasteiger partial charge in [0.15, 0.2) is 5.13 Å². The van der Waals surface area contributed by atoms with Crippen LogP contribution in [-0.4, -0.2) is 16.9 Å². The lowest BCUT2D eigenvalue weighted by Gasteiger charge is -2.43. The van der Waals surface area contributed by atoms with Gasteiger partial charge in [-0.05, 0) is 49.7 Å². The van der Waals surface area contributed by atoms with E-state index in [-0.39, 0.29) is 11.8 Å². The molecule has 2 aliphatic rings. The van der Waals surface area contributed by atoms with E-state index in [0.29, 0.717) is 23.0 Å². The highest BCUT2D eigenvalue weighted by atomic mass is 32.1. The summed E-state index contributed by atoms with van der Waals surface area (Å²) >= 11 is 1.54. The number of anilines is 1. The first-order valence-corrected chi connectivity index (χ1v) is 8.94. The fourth-order valence-electron chi connectivity index (χ4n) is 4.14. The van der Waals surface area contributed by atoms with Gasteiger partial charge in [-0.2, -0.15) is 0 Å². The Morgan fingerprint density at radius 3 is 2.68 bits per heavy atom. The van der Waals surface area contributed by atoms with E-state index in [9.17, 15) is 4.79 Å². The van der Waals surface area contributed by atoms with E-state index in [1.165, 1.54) is 19.3 Å². The maximum atomic E-state index is 12.6. The minimum absolute atomic E-state index is 0.0992. The van der Waals surface area contributed by atoms with Crippen molar-refractivity contribution in [3.05, 3.63) is 24.3 Å². The number of carbonyl (C=O) groups is 1. The molecule has 3 N–H and O–H groups in total. The van der Waals surface area contributed by atoms with Crippen molar-refractivity contribution in [2.45, 2.75) is 38.1 Å². The maximum absolute atomic E-state index is 12.6. The number of aromatic nitrogens is 1. The van der Waals surface area contributed by atoms with E-state index >= 15 is 0 Å². The van der Waals surface area contributed by atoms with Gasteiger partial charge in [0.1, 0.15) is 0 Å². The molecular formula is C17H21N3OS. The summed E-state index contributed by atoms with van der Waals surface area (Å²) in [5, 5.41) is 3.75. The van der Waals surface area contributed by atoms with E-state index in [0.717, 1.165) is 23.1 Å². The molecule has 1 heterocycles. The van der Waals surface area contributed by atoms with Gasteiger partial charge in [-0.15, -0.1) is 0 Å². The highest BCUT2D eigenvalue weighted by molar-refractivity contribution is 7.22. The lowest BCUT2D eigenvalue weighted by molar-refractivity contribution is -0.122. The molecule has 5 heteroatoms. The fourth-order valence-corrected chi connectivity index (χ4v) is 5.01. The SMILES string of the molecule is NC1C2CCCC1CC(C(=O)Nc1nc3ccccc3s1)C2. The third-order valence-electron chi connectivity index (χ3n) is 5.31. The zero-order valence-corrected chi connectivity index (χ0v) is 13.3. The van der Waals surface area contributed by atoms with Crippen molar-refractivity contribution < 1.29 is 4.79 Å². The molecule has 0 saturated heterocycles. The van der Waals surface area contributed by atoms with E-state index in [1.807, 2.05) is 24.3 Å². The standard InChI is InChI=1S/C17H21N3OS/c18-15-10-4-3-5-11(15)9-12(8-10)16(21)20-17-19-13-6-1-2-7-14(13)22-17/h1-2,6-7,10-12,15H,3-5,8-9,18H2,(H,19,20,21). The number of fused-ring (bicyclic) bond motifs is 3. The van der Waals surface area contributed by atoms with E-state index in [1.54, 1.807) is 11.3 Å². The van der Waals surface area contributed by atoms with Crippen molar-refractivity contribution in [1.29, 1.82) is 0 Å². The summed E-state index contributed by atoms with van der Waals surface area (Å²) in [6, 6.07) is 8.28. The second-order valence-corrected chi connectivity index (χ2v) is 7.70. The summed E-state index contributed by atoms with van der Waals surface area (Å²) < 4.78 is 1.11. The minimum atomic E-state index is 0.0992. The van der Waals surface area contributed by atoms with Gasteiger partial charge in [0, 0.05) is 12.0 Å². The molecule has 1 aromatic carbocycles. The molecule has 2 aliphatic carbocycles. The Morgan fingerprint density at radius 1 is 1.23 bits per heavy atom. The second kappa shape index (κ2) is 5.63. The maximum Gasteiger partial charge on any atom is 0.229 e. The van der Waals surface area contributed by atoms with Crippen LogP contribution in [-0.2, 0) is 4.79 Å². The summed E-state index contributed by atoms with van der Waals surface area (Å²) in [5.41, 5.74) is 7.26. The highest BCUT2D eigenvalue weighted by Crippen LogP contribution is 2.42. The Morgan fingerprint density at radius 2 is 1.95 bits per heavy atom. The van der Waals surface area contributed by atoms with Crippen molar-refractivity contribution in [2.75, 3.05) is 5.32 Å². The lowest BCUT2D eigenvalue weighted by atomic mass is 9.65. The second-order valence-electron chi connectivity index (χ2n) is 6.67. The highest BCUT2D eigenvalue weighted by Gasteiger charge is 2.40. The average molecular weight is 315 g/mol. The van der Waals surface area contributed by atoms with Crippen LogP contribution in [0.25, 0.3) is 10.2 Å². The molecule has 4 rings (SSSR count). The van der Waals surface area contributed by atoms with Crippen LogP contribution in [0, 0.1) is 17.8 Å². The first kappa shape index (κ1) is 14.2. The first-order valence-electron chi connectivity index (χ1n) is 8.13. The molecule has 4 nitrogen and oxygen atoms in total. The third kappa shape index (κ3) is 2.52. The lowest BCUT2D eigenvalue weighted by Crippen LogP contribution is -2.48. The van der Waals surface area contributed by atoms with E-state index in [2.05, 4.69) is 10.3 Å². The van der Waals surface area contributed by atoms with Crippen molar-refractivity contribution in [3.63, 3.8) is 0 Å². The third-order valence-corrected chi connectivity index (χ3v) is 6.26. The number of nitrogens with one attached hydrogen (secondary N) is 1. The van der Waals surface area contributed by atoms with Crippen molar-refractivity contribution in [2.24, 2.45) is 23.5 Å². The molecule has 2 saturated carbocycles. The molecule has 0 spiro atoms. The smallest absolute Gasteiger partial charge is 0.229 e. The number of benzene rings is 1. The number of hydrogen-bond acceptors (Lipinski definition) is 4. The summed E-state index contributed by atoms with van der Waals surface area (Å²) in [5.74, 6) is 1.28. The number of para-hydroxylation sites is 1. The molecule has 2 fully saturated rings.